The van der Waals surface area contributed by atoms with E-state index in [4.69, 9.17) is 0 Å². The Hall–Kier alpha value is -2.90. The molecule has 0 bridgehead atoms. The summed E-state index contributed by atoms with van der Waals surface area (Å²) in [6.07, 6.45) is -8.36. The van der Waals surface area contributed by atoms with E-state index in [-0.39, 0.29) is 36.0 Å². The summed E-state index contributed by atoms with van der Waals surface area (Å²) in [5.41, 5.74) is -3.31. The number of hydrogen-bond donors (Lipinski definition) is 1. The molecule has 0 spiro atoms. The zero-order valence-corrected chi connectivity index (χ0v) is 26.8. The molecule has 2 amide bonds. The number of amides is 2. The Bertz CT molecular complexity index is 1370. The molecular weight excluding hydrogens is 643 g/mol. The molecule has 2 aliphatic rings. The number of hydrogen-bond acceptors (Lipinski definition) is 4. The predicted molar refractivity (Wildman–Crippen MR) is 160 cm³/mol. The topological polar surface area (TPSA) is 64.1 Å². The summed E-state index contributed by atoms with van der Waals surface area (Å²) in [6.45, 7) is 5.98. The van der Waals surface area contributed by atoms with Crippen LogP contribution in [-0.2, 0) is 28.5 Å². The highest BCUT2D eigenvalue weighted by atomic mass is 35.5. The maximum atomic E-state index is 14.0. The molecule has 1 N–H and O–H groups in total. The lowest BCUT2D eigenvalue weighted by Gasteiger charge is -2.46. The van der Waals surface area contributed by atoms with Crippen molar-refractivity contribution in [2.75, 3.05) is 33.2 Å². The molecule has 6 nitrogen and oxygen atoms in total. The van der Waals surface area contributed by atoms with Gasteiger partial charge < -0.3 is 14.9 Å². The fraction of sp³-hybridized carbons (Fsp3) is 0.562. The zero-order valence-electron chi connectivity index (χ0n) is 26.0. The van der Waals surface area contributed by atoms with E-state index < -0.39 is 59.2 Å². The number of rotatable bonds is 6. The highest BCUT2D eigenvalue weighted by Gasteiger charge is 2.41. The number of nitrogens with zero attached hydrogens (tertiary/aromatic N) is 3. The lowest BCUT2D eigenvalue weighted by Crippen LogP contribution is -2.54. The van der Waals surface area contributed by atoms with Gasteiger partial charge in [0.05, 0.1) is 11.1 Å². The minimum atomic E-state index is -5.01. The Morgan fingerprint density at radius 1 is 0.913 bits per heavy atom. The monoisotopic (exact) mass is 681 g/mol. The minimum absolute atomic E-state index is 0. The van der Waals surface area contributed by atoms with E-state index in [1.165, 1.54) is 33.0 Å². The number of benzene rings is 2. The summed E-state index contributed by atoms with van der Waals surface area (Å²) < 4.78 is 94.6. The summed E-state index contributed by atoms with van der Waals surface area (Å²) in [4.78, 5) is 31.4. The van der Waals surface area contributed by atoms with Gasteiger partial charge in [0.15, 0.2) is 0 Å². The number of carbonyl (C=O) groups excluding carboxylic acids is 2. The molecule has 2 saturated heterocycles. The minimum Gasteiger partial charge on any atom is -0.381 e. The Labute approximate surface area is 269 Å². The van der Waals surface area contributed by atoms with E-state index in [9.17, 15) is 45.4 Å². The van der Waals surface area contributed by atoms with Crippen molar-refractivity contribution in [3.63, 3.8) is 0 Å². The maximum Gasteiger partial charge on any atom is 0.416 e. The molecular formula is C32H39ClF7N3O3. The normalized spacial score (nSPS) is 20.3. The summed E-state index contributed by atoms with van der Waals surface area (Å²) in [5.74, 6) is -2.30. The second kappa shape index (κ2) is 14.1. The van der Waals surface area contributed by atoms with Crippen molar-refractivity contribution < 1.29 is 45.4 Å². The molecule has 256 valence electrons. The highest BCUT2D eigenvalue weighted by molar-refractivity contribution is 5.85. The quantitative estimate of drug-likeness (QED) is 0.358. The number of alkyl halides is 6. The van der Waals surface area contributed by atoms with Gasteiger partial charge in [0, 0.05) is 51.1 Å². The lowest BCUT2D eigenvalue weighted by molar-refractivity contribution is -0.150. The Morgan fingerprint density at radius 2 is 1.48 bits per heavy atom. The molecule has 46 heavy (non-hydrogen) atoms. The van der Waals surface area contributed by atoms with Crippen molar-refractivity contribution in [3.05, 3.63) is 70.0 Å². The molecule has 2 aliphatic heterocycles. The summed E-state index contributed by atoms with van der Waals surface area (Å²) in [5, 5.41) is 10.1. The van der Waals surface area contributed by atoms with Crippen LogP contribution < -0.4 is 0 Å². The average Bonchev–Trinajstić information content (AvgIpc) is 2.94. The van der Waals surface area contributed by atoms with Gasteiger partial charge in [-0.15, -0.1) is 12.4 Å². The van der Waals surface area contributed by atoms with Gasteiger partial charge in [-0.2, -0.15) is 26.3 Å². The predicted octanol–water partition coefficient (Wildman–Crippen LogP) is 6.42. The van der Waals surface area contributed by atoms with Crippen molar-refractivity contribution in [3.8, 4) is 0 Å². The van der Waals surface area contributed by atoms with Crippen LogP contribution in [0.5, 0.6) is 0 Å². The third-order valence-electron chi connectivity index (χ3n) is 8.83. The third kappa shape index (κ3) is 8.71. The SMILES string of the molecule is Cc1cc(F)ccc1[C@@H]1CN(C2CCN(C(=O)C(C)(C)O)CC2)CCC1C(=O)N(C)Cc1cc(C(F)(F)F)cc(C(F)(F)F)c1.Cl. The van der Waals surface area contributed by atoms with Gasteiger partial charge in [-0.25, -0.2) is 4.39 Å². The smallest absolute Gasteiger partial charge is 0.381 e. The second-order valence-corrected chi connectivity index (χ2v) is 12.7. The van der Waals surface area contributed by atoms with Crippen LogP contribution in [0.3, 0.4) is 0 Å². The fourth-order valence-corrected chi connectivity index (χ4v) is 6.54. The standard InChI is InChI=1S/C32H38F7N3O3.ClH/c1-19-13-23(33)5-6-25(19)27-18-42(24-7-10-41(11-8-24)29(44)30(2,3)45)12-9-26(27)28(43)40(4)17-20-14-21(31(34,35)36)16-22(15-20)32(37,38)39;/h5-6,13-16,24,26-27,45H,7-12,17-18H2,1-4H3;1H/t26?,27-;/m0./s1. The first-order valence-corrected chi connectivity index (χ1v) is 14.8. The van der Waals surface area contributed by atoms with E-state index >= 15 is 0 Å². The highest BCUT2D eigenvalue weighted by Crippen LogP contribution is 2.39. The van der Waals surface area contributed by atoms with Gasteiger partial charge in [-0.3, -0.25) is 14.5 Å². The van der Waals surface area contributed by atoms with Crippen LogP contribution in [0.15, 0.2) is 36.4 Å². The van der Waals surface area contributed by atoms with Crippen LogP contribution in [0.25, 0.3) is 0 Å². The number of carbonyl (C=O) groups is 2. The van der Waals surface area contributed by atoms with E-state index in [1.54, 1.807) is 17.9 Å². The van der Waals surface area contributed by atoms with Crippen molar-refractivity contribution >= 4 is 24.2 Å². The van der Waals surface area contributed by atoms with Gasteiger partial charge >= 0.3 is 12.4 Å². The number of aliphatic hydroxyl groups is 1. The van der Waals surface area contributed by atoms with Crippen LogP contribution >= 0.6 is 12.4 Å². The molecule has 0 radical (unpaired) electrons. The fourth-order valence-electron chi connectivity index (χ4n) is 6.54. The van der Waals surface area contributed by atoms with E-state index in [1.807, 2.05) is 0 Å². The molecule has 0 saturated carbocycles. The van der Waals surface area contributed by atoms with Crippen molar-refractivity contribution in [2.24, 2.45) is 5.92 Å². The maximum absolute atomic E-state index is 14.0. The zero-order chi connectivity index (χ0) is 33.5. The van der Waals surface area contributed by atoms with Gasteiger partial charge in [0.2, 0.25) is 5.91 Å². The lowest BCUT2D eigenvalue weighted by atomic mass is 9.77. The molecule has 2 aromatic rings. The van der Waals surface area contributed by atoms with E-state index in [0.717, 1.165) is 10.5 Å². The van der Waals surface area contributed by atoms with Gasteiger partial charge in [0.1, 0.15) is 11.4 Å². The van der Waals surface area contributed by atoms with E-state index in [2.05, 4.69) is 4.90 Å². The molecule has 0 aliphatic carbocycles. The van der Waals surface area contributed by atoms with Crippen LogP contribution in [0, 0.1) is 18.7 Å². The second-order valence-electron chi connectivity index (χ2n) is 12.7. The van der Waals surface area contributed by atoms with Crippen LogP contribution in [-0.4, -0.2) is 76.5 Å². The Kier molecular flexibility index (Phi) is 11.5. The Morgan fingerprint density at radius 3 is 1.98 bits per heavy atom. The van der Waals surface area contributed by atoms with Crippen molar-refractivity contribution in [2.45, 2.75) is 76.5 Å². The first-order valence-electron chi connectivity index (χ1n) is 14.8. The van der Waals surface area contributed by atoms with Crippen LogP contribution in [0.1, 0.15) is 66.8 Å². The van der Waals surface area contributed by atoms with Crippen LogP contribution in [0.2, 0.25) is 0 Å². The third-order valence-corrected chi connectivity index (χ3v) is 8.83. The molecule has 1 unspecified atom stereocenters. The number of aryl methyl sites for hydroxylation is 1. The molecule has 4 rings (SSSR count). The van der Waals surface area contributed by atoms with Crippen molar-refractivity contribution in [1.29, 1.82) is 0 Å². The summed E-state index contributed by atoms with van der Waals surface area (Å²) in [6, 6.07) is 5.66. The van der Waals surface area contributed by atoms with Gasteiger partial charge in [-0.1, -0.05) is 6.07 Å². The largest absolute Gasteiger partial charge is 0.416 e. The molecule has 14 heteroatoms. The molecule has 2 fully saturated rings. The van der Waals surface area contributed by atoms with Gasteiger partial charge in [-0.05, 0) is 93.6 Å². The number of halogens is 8. The number of likely N-dealkylation sites (tertiary alicyclic amines) is 2. The number of piperidine rings is 2. The van der Waals surface area contributed by atoms with Gasteiger partial charge in [0.25, 0.3) is 5.91 Å². The van der Waals surface area contributed by atoms with Crippen LogP contribution in [0.4, 0.5) is 30.7 Å². The average molecular weight is 682 g/mol. The first-order chi connectivity index (χ1) is 20.8. The van der Waals surface area contributed by atoms with Crippen molar-refractivity contribution in [1.82, 2.24) is 14.7 Å². The van der Waals surface area contributed by atoms with E-state index in [0.29, 0.717) is 63.1 Å². The Balaban J connectivity index is 0.00000576. The molecule has 2 aromatic carbocycles. The first kappa shape index (κ1) is 37.6. The summed E-state index contributed by atoms with van der Waals surface area (Å²) in [7, 11) is 1.35. The molecule has 2 heterocycles. The molecule has 2 atom stereocenters. The summed E-state index contributed by atoms with van der Waals surface area (Å²) >= 11 is 0. The molecule has 0 aromatic heterocycles.